The van der Waals surface area contributed by atoms with Crippen LogP contribution in [0.5, 0.6) is 0 Å². The van der Waals surface area contributed by atoms with Crippen molar-refractivity contribution in [3.63, 3.8) is 0 Å². The molecule has 96 valence electrons. The molecule has 0 aliphatic carbocycles. The Balaban J connectivity index is 0.00000225. The second-order valence-electron chi connectivity index (χ2n) is 4.43. The van der Waals surface area contributed by atoms with E-state index < -0.39 is 0 Å². The van der Waals surface area contributed by atoms with Crippen LogP contribution in [0.15, 0.2) is 0 Å². The number of rotatable bonds is 3. The molecule has 0 aromatic carbocycles. The van der Waals surface area contributed by atoms with E-state index in [4.69, 9.17) is 10.5 Å². The average molecular weight is 251 g/mol. The van der Waals surface area contributed by atoms with Crippen molar-refractivity contribution in [1.29, 1.82) is 0 Å². The van der Waals surface area contributed by atoms with E-state index in [1.54, 1.807) is 0 Å². The quantitative estimate of drug-likeness (QED) is 0.818. The van der Waals surface area contributed by atoms with Gasteiger partial charge in [-0.15, -0.1) is 12.4 Å². The molecule has 5 heteroatoms. The first kappa shape index (κ1) is 15.7. The molecular weight excluding hydrogens is 228 g/mol. The highest BCUT2D eigenvalue weighted by molar-refractivity contribution is 5.85. The molecule has 0 spiro atoms. The summed E-state index contributed by atoms with van der Waals surface area (Å²) < 4.78 is 5.54. The van der Waals surface area contributed by atoms with Crippen LogP contribution in [0.25, 0.3) is 0 Å². The Hall–Kier alpha value is -0.320. The van der Waals surface area contributed by atoms with Gasteiger partial charge in [0.15, 0.2) is 0 Å². The Bertz CT molecular complexity index is 224. The summed E-state index contributed by atoms with van der Waals surface area (Å²) in [5.74, 6) is 0.159. The minimum atomic E-state index is -0.0619. The van der Waals surface area contributed by atoms with Crippen molar-refractivity contribution in [3.05, 3.63) is 0 Å². The number of morpholine rings is 1. The predicted octanol–water partition coefficient (Wildman–Crippen LogP) is 1.17. The first-order chi connectivity index (χ1) is 7.04. The molecule has 1 aliphatic rings. The van der Waals surface area contributed by atoms with E-state index in [1.165, 1.54) is 0 Å². The second-order valence-corrected chi connectivity index (χ2v) is 4.43. The summed E-state index contributed by atoms with van der Waals surface area (Å²) in [7, 11) is 0. The number of nitrogens with two attached hydrogens (primary N) is 1. The highest BCUT2D eigenvalue weighted by Crippen LogP contribution is 2.15. The lowest BCUT2D eigenvalue weighted by molar-refractivity contribution is -0.144. The Morgan fingerprint density at radius 3 is 2.75 bits per heavy atom. The third-order valence-electron chi connectivity index (χ3n) is 2.76. The van der Waals surface area contributed by atoms with Crippen molar-refractivity contribution in [3.8, 4) is 0 Å². The van der Waals surface area contributed by atoms with E-state index in [0.717, 1.165) is 6.42 Å². The zero-order valence-corrected chi connectivity index (χ0v) is 11.1. The largest absolute Gasteiger partial charge is 0.375 e. The fraction of sp³-hybridized carbons (Fsp3) is 0.909. The molecule has 1 rings (SSSR count). The van der Waals surface area contributed by atoms with Gasteiger partial charge in [-0.05, 0) is 20.3 Å². The molecule has 4 nitrogen and oxygen atoms in total. The summed E-state index contributed by atoms with van der Waals surface area (Å²) in [5, 5.41) is 0. The molecular formula is C11H23ClN2O2. The Labute approximate surface area is 104 Å². The van der Waals surface area contributed by atoms with Crippen molar-refractivity contribution in [2.75, 3.05) is 13.2 Å². The molecule has 0 aromatic heterocycles. The van der Waals surface area contributed by atoms with Crippen LogP contribution in [0.2, 0.25) is 0 Å². The maximum atomic E-state index is 11.9. The van der Waals surface area contributed by atoms with Crippen LogP contribution in [0.1, 0.15) is 33.6 Å². The van der Waals surface area contributed by atoms with Crippen LogP contribution < -0.4 is 5.73 Å². The zero-order valence-electron chi connectivity index (χ0n) is 10.3. The van der Waals surface area contributed by atoms with Crippen LogP contribution >= 0.6 is 12.4 Å². The lowest BCUT2D eigenvalue weighted by Gasteiger charge is -2.38. The third kappa shape index (κ3) is 4.28. The first-order valence-corrected chi connectivity index (χ1v) is 5.71. The summed E-state index contributed by atoms with van der Waals surface area (Å²) in [4.78, 5) is 13.8. The molecule has 1 amide bonds. The van der Waals surface area contributed by atoms with E-state index in [0.29, 0.717) is 19.6 Å². The van der Waals surface area contributed by atoms with Crippen LogP contribution in [-0.4, -0.2) is 42.1 Å². The van der Waals surface area contributed by atoms with E-state index in [1.807, 2.05) is 18.7 Å². The summed E-state index contributed by atoms with van der Waals surface area (Å²) in [5.41, 5.74) is 5.64. The molecule has 0 bridgehead atoms. The van der Waals surface area contributed by atoms with Gasteiger partial charge in [0, 0.05) is 19.0 Å². The van der Waals surface area contributed by atoms with Gasteiger partial charge in [0.25, 0.3) is 0 Å². The molecule has 1 heterocycles. The van der Waals surface area contributed by atoms with Gasteiger partial charge in [-0.1, -0.05) is 6.92 Å². The van der Waals surface area contributed by atoms with Crippen LogP contribution in [0.3, 0.4) is 0 Å². The molecule has 0 saturated carbocycles. The maximum Gasteiger partial charge on any atom is 0.224 e. The number of carbonyl (C=O) groups is 1. The number of nitrogens with zero attached hydrogens (tertiary/aromatic N) is 1. The van der Waals surface area contributed by atoms with Crippen LogP contribution in [-0.2, 0) is 9.53 Å². The molecule has 3 atom stereocenters. The number of hydrogen-bond donors (Lipinski definition) is 1. The Kier molecular flexibility index (Phi) is 6.95. The van der Waals surface area contributed by atoms with Crippen LogP contribution in [0, 0.1) is 0 Å². The van der Waals surface area contributed by atoms with Gasteiger partial charge >= 0.3 is 0 Å². The monoisotopic (exact) mass is 250 g/mol. The zero-order chi connectivity index (χ0) is 11.4. The summed E-state index contributed by atoms with van der Waals surface area (Å²) >= 11 is 0. The SMILES string of the molecule is CCC1COC(C)CN1C(=O)CC(C)N.Cl. The second kappa shape index (κ2) is 7.09. The van der Waals surface area contributed by atoms with Crippen molar-refractivity contribution < 1.29 is 9.53 Å². The van der Waals surface area contributed by atoms with Gasteiger partial charge in [0.2, 0.25) is 5.91 Å². The summed E-state index contributed by atoms with van der Waals surface area (Å²) in [6, 6.07) is 0.167. The fourth-order valence-electron chi connectivity index (χ4n) is 1.88. The van der Waals surface area contributed by atoms with Gasteiger partial charge in [-0.2, -0.15) is 0 Å². The van der Waals surface area contributed by atoms with Gasteiger partial charge in [-0.3, -0.25) is 4.79 Å². The molecule has 0 aromatic rings. The van der Waals surface area contributed by atoms with Gasteiger partial charge in [-0.25, -0.2) is 0 Å². The van der Waals surface area contributed by atoms with Crippen molar-refractivity contribution >= 4 is 18.3 Å². The third-order valence-corrected chi connectivity index (χ3v) is 2.76. The molecule has 1 aliphatic heterocycles. The average Bonchev–Trinajstić information content (AvgIpc) is 2.16. The lowest BCUT2D eigenvalue weighted by atomic mass is 10.1. The van der Waals surface area contributed by atoms with Crippen molar-refractivity contribution in [2.24, 2.45) is 5.73 Å². The number of ether oxygens (including phenoxy) is 1. The molecule has 1 saturated heterocycles. The maximum absolute atomic E-state index is 11.9. The smallest absolute Gasteiger partial charge is 0.224 e. The van der Waals surface area contributed by atoms with Gasteiger partial charge in [0.1, 0.15) is 0 Å². The Morgan fingerprint density at radius 2 is 2.25 bits per heavy atom. The number of amides is 1. The van der Waals surface area contributed by atoms with E-state index in [2.05, 4.69) is 6.92 Å². The van der Waals surface area contributed by atoms with E-state index >= 15 is 0 Å². The molecule has 3 unspecified atom stereocenters. The van der Waals surface area contributed by atoms with E-state index in [9.17, 15) is 4.79 Å². The summed E-state index contributed by atoms with van der Waals surface area (Å²) in [6.45, 7) is 7.29. The molecule has 16 heavy (non-hydrogen) atoms. The highest BCUT2D eigenvalue weighted by atomic mass is 35.5. The topological polar surface area (TPSA) is 55.6 Å². The molecule has 0 radical (unpaired) electrons. The van der Waals surface area contributed by atoms with Gasteiger partial charge in [0.05, 0.1) is 18.8 Å². The predicted molar refractivity (Wildman–Crippen MR) is 66.7 cm³/mol. The first-order valence-electron chi connectivity index (χ1n) is 5.71. The van der Waals surface area contributed by atoms with Crippen molar-refractivity contribution in [1.82, 2.24) is 4.90 Å². The van der Waals surface area contributed by atoms with Gasteiger partial charge < -0.3 is 15.4 Å². The van der Waals surface area contributed by atoms with E-state index in [-0.39, 0.29) is 36.5 Å². The number of halogens is 1. The molecule has 2 N–H and O–H groups in total. The highest BCUT2D eigenvalue weighted by Gasteiger charge is 2.29. The fourth-order valence-corrected chi connectivity index (χ4v) is 1.88. The Morgan fingerprint density at radius 1 is 1.62 bits per heavy atom. The van der Waals surface area contributed by atoms with Crippen LogP contribution in [0.4, 0.5) is 0 Å². The number of carbonyl (C=O) groups excluding carboxylic acids is 1. The summed E-state index contributed by atoms with van der Waals surface area (Å²) in [6.07, 6.45) is 1.52. The standard InChI is InChI=1S/C11H22N2O2.ClH/c1-4-10-7-15-9(3)6-13(10)11(14)5-8(2)12;/h8-10H,4-7,12H2,1-3H3;1H. The lowest BCUT2D eigenvalue weighted by Crippen LogP contribution is -2.52. The van der Waals surface area contributed by atoms with Crippen molar-refractivity contribution in [2.45, 2.75) is 51.8 Å². The minimum Gasteiger partial charge on any atom is -0.375 e. The number of hydrogen-bond acceptors (Lipinski definition) is 3. The minimum absolute atomic E-state index is 0. The molecule has 1 fully saturated rings. The normalized spacial score (nSPS) is 27.1.